The van der Waals surface area contributed by atoms with E-state index in [1.165, 1.54) is 18.2 Å². The van der Waals surface area contributed by atoms with Crippen LogP contribution in [0.4, 0.5) is 8.78 Å². The number of alkyl halides is 2. The molecule has 1 aliphatic heterocycles. The summed E-state index contributed by atoms with van der Waals surface area (Å²) in [5.41, 5.74) is 0.370. The molecule has 26 heavy (non-hydrogen) atoms. The van der Waals surface area contributed by atoms with Gasteiger partial charge in [0.2, 0.25) is 5.91 Å². The number of hydrogen-bond donors (Lipinski definition) is 0. The SMILES string of the molecule is CCOC(=O)C1CCN(C(=O)/C=C/c2cc(Br)ccc2OC(F)F)CC1. The van der Waals surface area contributed by atoms with E-state index in [4.69, 9.17) is 4.74 Å². The Morgan fingerprint density at radius 1 is 1.35 bits per heavy atom. The number of carbonyl (C=O) groups excluding carboxylic acids is 2. The molecule has 0 unspecified atom stereocenters. The molecular weight excluding hydrogens is 412 g/mol. The fourth-order valence-corrected chi connectivity index (χ4v) is 3.09. The van der Waals surface area contributed by atoms with Crippen LogP contribution in [0.25, 0.3) is 6.08 Å². The third-order valence-electron chi connectivity index (χ3n) is 4.02. The molecule has 2 rings (SSSR count). The summed E-state index contributed by atoms with van der Waals surface area (Å²) in [6.07, 6.45) is 3.87. The first-order valence-electron chi connectivity index (χ1n) is 8.28. The second-order valence-electron chi connectivity index (χ2n) is 5.75. The zero-order valence-electron chi connectivity index (χ0n) is 14.3. The van der Waals surface area contributed by atoms with E-state index in [0.717, 1.165) is 0 Å². The number of likely N-dealkylation sites (tertiary alicyclic amines) is 1. The number of nitrogens with zero attached hydrogens (tertiary/aromatic N) is 1. The lowest BCUT2D eigenvalue weighted by molar-refractivity contribution is -0.150. The third-order valence-corrected chi connectivity index (χ3v) is 4.51. The molecule has 1 fully saturated rings. The van der Waals surface area contributed by atoms with Gasteiger partial charge in [0.15, 0.2) is 0 Å². The zero-order chi connectivity index (χ0) is 19.1. The number of rotatable bonds is 6. The monoisotopic (exact) mass is 431 g/mol. The maximum absolute atomic E-state index is 12.5. The minimum Gasteiger partial charge on any atom is -0.466 e. The molecule has 0 bridgehead atoms. The van der Waals surface area contributed by atoms with Crippen LogP contribution in [0, 0.1) is 5.92 Å². The van der Waals surface area contributed by atoms with Gasteiger partial charge >= 0.3 is 12.6 Å². The fraction of sp³-hybridized carbons (Fsp3) is 0.444. The molecule has 0 saturated carbocycles. The molecule has 0 atom stereocenters. The van der Waals surface area contributed by atoms with E-state index in [1.807, 2.05) is 0 Å². The van der Waals surface area contributed by atoms with Gasteiger partial charge in [-0.25, -0.2) is 0 Å². The van der Waals surface area contributed by atoms with Crippen molar-refractivity contribution < 1.29 is 27.8 Å². The van der Waals surface area contributed by atoms with Crippen LogP contribution in [0.5, 0.6) is 5.75 Å². The van der Waals surface area contributed by atoms with Crippen molar-refractivity contribution in [3.63, 3.8) is 0 Å². The average Bonchev–Trinajstić information content (AvgIpc) is 2.61. The van der Waals surface area contributed by atoms with Crippen molar-refractivity contribution in [2.45, 2.75) is 26.4 Å². The highest BCUT2D eigenvalue weighted by Gasteiger charge is 2.27. The molecule has 1 aromatic rings. The molecule has 0 spiro atoms. The van der Waals surface area contributed by atoms with Crippen LogP contribution in [0.15, 0.2) is 28.7 Å². The first-order valence-corrected chi connectivity index (χ1v) is 9.08. The van der Waals surface area contributed by atoms with E-state index < -0.39 is 6.61 Å². The second kappa shape index (κ2) is 9.66. The zero-order valence-corrected chi connectivity index (χ0v) is 15.9. The Morgan fingerprint density at radius 2 is 2.04 bits per heavy atom. The number of ether oxygens (including phenoxy) is 2. The molecule has 0 aromatic heterocycles. The smallest absolute Gasteiger partial charge is 0.387 e. The van der Waals surface area contributed by atoms with E-state index in [1.54, 1.807) is 24.0 Å². The van der Waals surface area contributed by atoms with Crippen molar-refractivity contribution in [3.05, 3.63) is 34.3 Å². The lowest BCUT2D eigenvalue weighted by Gasteiger charge is -2.30. The van der Waals surface area contributed by atoms with Gasteiger partial charge in [-0.1, -0.05) is 15.9 Å². The van der Waals surface area contributed by atoms with Crippen LogP contribution < -0.4 is 4.74 Å². The van der Waals surface area contributed by atoms with Crippen LogP contribution in [0.2, 0.25) is 0 Å². The van der Waals surface area contributed by atoms with Crippen molar-refractivity contribution >= 4 is 33.9 Å². The summed E-state index contributed by atoms with van der Waals surface area (Å²) < 4.78 is 35.1. The number of piperidine rings is 1. The van der Waals surface area contributed by atoms with Gasteiger partial charge in [0.1, 0.15) is 5.75 Å². The van der Waals surface area contributed by atoms with Crippen molar-refractivity contribution in [2.24, 2.45) is 5.92 Å². The van der Waals surface area contributed by atoms with Crippen LogP contribution >= 0.6 is 15.9 Å². The first kappa shape index (κ1) is 20.4. The molecule has 0 N–H and O–H groups in total. The van der Waals surface area contributed by atoms with Gasteiger partial charge in [-0.2, -0.15) is 8.78 Å². The van der Waals surface area contributed by atoms with Crippen LogP contribution in [0.1, 0.15) is 25.3 Å². The van der Waals surface area contributed by atoms with E-state index in [2.05, 4.69) is 20.7 Å². The minimum atomic E-state index is -2.94. The van der Waals surface area contributed by atoms with Crippen LogP contribution in [-0.2, 0) is 14.3 Å². The molecule has 0 radical (unpaired) electrons. The molecule has 1 amide bonds. The van der Waals surface area contributed by atoms with Gasteiger partial charge in [0.05, 0.1) is 12.5 Å². The third kappa shape index (κ3) is 5.79. The minimum absolute atomic E-state index is 0.00623. The number of hydrogen-bond acceptors (Lipinski definition) is 4. The highest BCUT2D eigenvalue weighted by molar-refractivity contribution is 9.10. The summed E-state index contributed by atoms with van der Waals surface area (Å²) in [5.74, 6) is -0.652. The van der Waals surface area contributed by atoms with Gasteiger partial charge in [0.25, 0.3) is 0 Å². The van der Waals surface area contributed by atoms with E-state index in [0.29, 0.717) is 42.6 Å². The lowest BCUT2D eigenvalue weighted by atomic mass is 9.97. The summed E-state index contributed by atoms with van der Waals surface area (Å²) >= 11 is 3.26. The summed E-state index contributed by atoms with van der Waals surface area (Å²) in [7, 11) is 0. The normalized spacial score (nSPS) is 15.5. The van der Waals surface area contributed by atoms with Crippen LogP contribution in [-0.4, -0.2) is 43.1 Å². The van der Waals surface area contributed by atoms with Gasteiger partial charge in [-0.15, -0.1) is 0 Å². The summed E-state index contributed by atoms with van der Waals surface area (Å²) in [6.45, 7) is 0.0591. The Hall–Kier alpha value is -1.96. The largest absolute Gasteiger partial charge is 0.466 e. The Balaban J connectivity index is 1.98. The highest BCUT2D eigenvalue weighted by Crippen LogP contribution is 2.26. The predicted molar refractivity (Wildman–Crippen MR) is 95.7 cm³/mol. The average molecular weight is 432 g/mol. The number of amides is 1. The maximum Gasteiger partial charge on any atom is 0.387 e. The molecule has 142 valence electrons. The Morgan fingerprint density at radius 3 is 2.65 bits per heavy atom. The van der Waals surface area contributed by atoms with E-state index >= 15 is 0 Å². The molecule has 8 heteroatoms. The molecule has 1 aliphatic rings. The summed E-state index contributed by atoms with van der Waals surface area (Å²) in [4.78, 5) is 25.7. The van der Waals surface area contributed by atoms with E-state index in [-0.39, 0.29) is 23.5 Å². The Kier molecular flexibility index (Phi) is 7.56. The first-order chi connectivity index (χ1) is 12.4. The van der Waals surface area contributed by atoms with E-state index in [9.17, 15) is 18.4 Å². The molecule has 1 aromatic carbocycles. The predicted octanol–water partition coefficient (Wildman–Crippen LogP) is 3.87. The number of benzene rings is 1. The Bertz CT molecular complexity index is 673. The molecule has 1 heterocycles. The summed E-state index contributed by atoms with van der Waals surface area (Å²) in [5, 5.41) is 0. The number of halogens is 3. The summed E-state index contributed by atoms with van der Waals surface area (Å²) in [6, 6.07) is 4.58. The van der Waals surface area contributed by atoms with Crippen molar-refractivity contribution in [2.75, 3.05) is 19.7 Å². The standard InChI is InChI=1S/C18H20BrF2NO4/c1-2-25-17(24)12-7-9-22(10-8-12)16(23)6-3-13-11-14(19)4-5-15(13)26-18(20)21/h3-6,11-12,18H,2,7-10H2,1H3/b6-3+. The quantitative estimate of drug-likeness (QED) is 0.506. The Labute approximate surface area is 159 Å². The van der Waals surface area contributed by atoms with Crippen molar-refractivity contribution in [3.8, 4) is 5.75 Å². The fourth-order valence-electron chi connectivity index (χ4n) is 2.72. The molecule has 1 saturated heterocycles. The molecule has 0 aliphatic carbocycles. The maximum atomic E-state index is 12.5. The van der Waals surface area contributed by atoms with Crippen LogP contribution in [0.3, 0.4) is 0 Å². The lowest BCUT2D eigenvalue weighted by Crippen LogP contribution is -2.39. The van der Waals surface area contributed by atoms with Crippen molar-refractivity contribution in [1.29, 1.82) is 0 Å². The second-order valence-corrected chi connectivity index (χ2v) is 6.66. The molecular formula is C18H20BrF2NO4. The van der Waals surface area contributed by atoms with Crippen molar-refractivity contribution in [1.82, 2.24) is 4.90 Å². The highest BCUT2D eigenvalue weighted by atomic mass is 79.9. The molecule has 5 nitrogen and oxygen atoms in total. The van der Waals surface area contributed by atoms with Gasteiger partial charge in [0, 0.05) is 29.2 Å². The topological polar surface area (TPSA) is 55.8 Å². The van der Waals surface area contributed by atoms with Gasteiger partial charge in [-0.05, 0) is 44.0 Å². The number of carbonyl (C=O) groups is 2. The van der Waals surface area contributed by atoms with Gasteiger partial charge in [-0.3, -0.25) is 9.59 Å². The van der Waals surface area contributed by atoms with Gasteiger partial charge < -0.3 is 14.4 Å². The number of esters is 1.